The second kappa shape index (κ2) is 8.73. The fourth-order valence-electron chi connectivity index (χ4n) is 2.57. The monoisotopic (exact) mass is 390 g/mol. The minimum absolute atomic E-state index is 0.0896. The van der Waals surface area contributed by atoms with Gasteiger partial charge in [-0.05, 0) is 55.8 Å². The second-order valence-corrected chi connectivity index (χ2v) is 8.79. The van der Waals surface area contributed by atoms with Gasteiger partial charge in [0, 0.05) is 11.5 Å². The largest absolute Gasteiger partial charge is 0.493 e. The Morgan fingerprint density at radius 3 is 2.35 bits per heavy atom. The molecule has 0 unspecified atom stereocenters. The van der Waals surface area contributed by atoms with Crippen molar-refractivity contribution in [3.63, 3.8) is 0 Å². The van der Waals surface area contributed by atoms with Gasteiger partial charge in [0.1, 0.15) is 5.75 Å². The summed E-state index contributed by atoms with van der Waals surface area (Å²) in [7, 11) is 1.59. The molecule has 6 heteroatoms. The van der Waals surface area contributed by atoms with Crippen LogP contribution in [0.15, 0.2) is 42.5 Å². The van der Waals surface area contributed by atoms with Gasteiger partial charge in [-0.2, -0.15) is 0 Å². The van der Waals surface area contributed by atoms with Crippen LogP contribution in [-0.2, 0) is 0 Å². The molecule has 1 saturated heterocycles. The highest BCUT2D eigenvalue weighted by Crippen LogP contribution is 2.47. The number of esters is 1. The molecule has 0 atom stereocenters. The molecule has 0 radical (unpaired) electrons. The van der Waals surface area contributed by atoms with Gasteiger partial charge in [-0.3, -0.25) is 0 Å². The zero-order chi connectivity index (χ0) is 18.5. The summed E-state index contributed by atoms with van der Waals surface area (Å²) in [5.74, 6) is 3.62. The van der Waals surface area contributed by atoms with E-state index >= 15 is 0 Å². The predicted octanol–water partition coefficient (Wildman–Crippen LogP) is 5.18. The molecule has 1 aliphatic heterocycles. The number of carbonyl (C=O) groups excluding carboxylic acids is 1. The molecule has 0 spiro atoms. The van der Waals surface area contributed by atoms with E-state index < -0.39 is 5.97 Å². The van der Waals surface area contributed by atoms with E-state index in [0.717, 1.165) is 17.3 Å². The summed E-state index contributed by atoms with van der Waals surface area (Å²) in [4.78, 5) is 12.4. The molecule has 3 rings (SSSR count). The third kappa shape index (κ3) is 4.68. The van der Waals surface area contributed by atoms with Gasteiger partial charge in [0.2, 0.25) is 0 Å². The lowest BCUT2D eigenvalue weighted by molar-refractivity contribution is 0.0729. The standard InChI is InChI=1S/C20H22O4S2/c1-13(2)23-16-7-4-14(5-8-16)19(21)24-17-9-6-15(12-18(17)22-3)20-25-10-11-26-20/h4-9,12-13,20H,10-11H2,1-3H3. The van der Waals surface area contributed by atoms with Crippen LogP contribution in [0.3, 0.4) is 0 Å². The van der Waals surface area contributed by atoms with E-state index in [2.05, 4.69) is 0 Å². The lowest BCUT2D eigenvalue weighted by atomic mass is 10.2. The first kappa shape index (κ1) is 19.0. The minimum atomic E-state index is -0.420. The Balaban J connectivity index is 1.72. The maximum absolute atomic E-state index is 12.4. The van der Waals surface area contributed by atoms with Gasteiger partial charge in [-0.15, -0.1) is 23.5 Å². The molecule has 0 aliphatic carbocycles. The van der Waals surface area contributed by atoms with Gasteiger partial charge in [-0.1, -0.05) is 6.07 Å². The van der Waals surface area contributed by atoms with E-state index in [0.29, 0.717) is 21.6 Å². The van der Waals surface area contributed by atoms with Gasteiger partial charge in [-0.25, -0.2) is 4.79 Å². The number of benzene rings is 2. The van der Waals surface area contributed by atoms with Crippen molar-refractivity contribution in [2.45, 2.75) is 24.5 Å². The first-order valence-corrected chi connectivity index (χ1v) is 10.6. The molecule has 2 aromatic carbocycles. The van der Waals surface area contributed by atoms with E-state index in [1.165, 1.54) is 5.56 Å². The zero-order valence-electron chi connectivity index (χ0n) is 15.1. The van der Waals surface area contributed by atoms with Crippen LogP contribution in [0, 0.1) is 0 Å². The highest BCUT2D eigenvalue weighted by Gasteiger charge is 2.21. The van der Waals surface area contributed by atoms with Crippen molar-refractivity contribution in [3.05, 3.63) is 53.6 Å². The molecular formula is C20H22O4S2. The summed E-state index contributed by atoms with van der Waals surface area (Å²) in [5, 5.41) is 0. The van der Waals surface area contributed by atoms with Gasteiger partial charge >= 0.3 is 5.97 Å². The smallest absolute Gasteiger partial charge is 0.343 e. The van der Waals surface area contributed by atoms with Crippen LogP contribution in [0.1, 0.15) is 34.4 Å². The van der Waals surface area contributed by atoms with Crippen molar-refractivity contribution < 1.29 is 19.0 Å². The summed E-state index contributed by atoms with van der Waals surface area (Å²) in [6, 6.07) is 12.7. The molecule has 26 heavy (non-hydrogen) atoms. The van der Waals surface area contributed by atoms with E-state index in [1.54, 1.807) is 31.4 Å². The molecule has 0 aromatic heterocycles. The third-order valence-corrected chi connectivity index (χ3v) is 6.85. The van der Waals surface area contributed by atoms with Crippen LogP contribution in [0.4, 0.5) is 0 Å². The van der Waals surface area contributed by atoms with Gasteiger partial charge in [0.15, 0.2) is 11.5 Å². The molecule has 138 valence electrons. The van der Waals surface area contributed by atoms with Crippen molar-refractivity contribution >= 4 is 29.5 Å². The van der Waals surface area contributed by atoms with Gasteiger partial charge < -0.3 is 14.2 Å². The summed E-state index contributed by atoms with van der Waals surface area (Å²) < 4.78 is 17.0. The lowest BCUT2D eigenvalue weighted by Crippen LogP contribution is -2.10. The molecule has 4 nitrogen and oxygen atoms in total. The zero-order valence-corrected chi connectivity index (χ0v) is 16.7. The topological polar surface area (TPSA) is 44.8 Å². The molecular weight excluding hydrogens is 368 g/mol. The average molecular weight is 391 g/mol. The first-order chi connectivity index (χ1) is 12.6. The molecule has 1 aliphatic rings. The maximum Gasteiger partial charge on any atom is 0.343 e. The lowest BCUT2D eigenvalue weighted by Gasteiger charge is -2.14. The summed E-state index contributed by atoms with van der Waals surface area (Å²) in [6.07, 6.45) is 0.0896. The molecule has 0 N–H and O–H groups in total. The molecule has 2 aromatic rings. The van der Waals surface area contributed by atoms with Crippen molar-refractivity contribution in [2.24, 2.45) is 0 Å². The highest BCUT2D eigenvalue weighted by atomic mass is 32.2. The Morgan fingerprint density at radius 2 is 1.73 bits per heavy atom. The highest BCUT2D eigenvalue weighted by molar-refractivity contribution is 8.19. The fraction of sp³-hybridized carbons (Fsp3) is 0.350. The van der Waals surface area contributed by atoms with Crippen molar-refractivity contribution in [1.82, 2.24) is 0 Å². The number of hydrogen-bond acceptors (Lipinski definition) is 6. The van der Waals surface area contributed by atoms with Crippen LogP contribution < -0.4 is 14.2 Å². The van der Waals surface area contributed by atoms with E-state index in [-0.39, 0.29) is 6.10 Å². The number of methoxy groups -OCH3 is 1. The van der Waals surface area contributed by atoms with Crippen LogP contribution in [-0.4, -0.2) is 30.7 Å². The minimum Gasteiger partial charge on any atom is -0.493 e. The summed E-state index contributed by atoms with van der Waals surface area (Å²) in [6.45, 7) is 3.92. The van der Waals surface area contributed by atoms with Crippen molar-refractivity contribution in [3.8, 4) is 17.2 Å². The predicted molar refractivity (Wildman–Crippen MR) is 108 cm³/mol. The second-order valence-electron chi connectivity index (χ2n) is 6.06. The molecule has 0 bridgehead atoms. The number of carbonyl (C=O) groups is 1. The molecule has 1 fully saturated rings. The summed E-state index contributed by atoms with van der Waals surface area (Å²) in [5.41, 5.74) is 1.65. The van der Waals surface area contributed by atoms with E-state index in [1.807, 2.05) is 55.6 Å². The SMILES string of the molecule is COc1cc(C2SCCS2)ccc1OC(=O)c1ccc(OC(C)C)cc1. The normalized spacial score (nSPS) is 14.5. The number of thioether (sulfide) groups is 2. The molecule has 1 heterocycles. The van der Waals surface area contributed by atoms with Gasteiger partial charge in [0.05, 0.1) is 23.4 Å². The Hall–Kier alpha value is -1.79. The van der Waals surface area contributed by atoms with Crippen molar-refractivity contribution in [2.75, 3.05) is 18.6 Å². The number of rotatable bonds is 6. The molecule has 0 amide bonds. The van der Waals surface area contributed by atoms with Crippen LogP contribution in [0.5, 0.6) is 17.2 Å². The Morgan fingerprint density at radius 1 is 1.04 bits per heavy atom. The quantitative estimate of drug-likeness (QED) is 0.500. The Kier molecular flexibility index (Phi) is 6.38. The Labute approximate surface area is 162 Å². The van der Waals surface area contributed by atoms with Crippen LogP contribution in [0.2, 0.25) is 0 Å². The number of ether oxygens (including phenoxy) is 3. The summed E-state index contributed by atoms with van der Waals surface area (Å²) >= 11 is 3.85. The fourth-order valence-corrected chi connectivity index (χ4v) is 5.40. The van der Waals surface area contributed by atoms with Crippen molar-refractivity contribution in [1.29, 1.82) is 0 Å². The van der Waals surface area contributed by atoms with Crippen LogP contribution in [0.25, 0.3) is 0 Å². The Bertz CT molecular complexity index is 753. The van der Waals surface area contributed by atoms with Gasteiger partial charge in [0.25, 0.3) is 0 Å². The molecule has 0 saturated carbocycles. The number of hydrogen-bond donors (Lipinski definition) is 0. The first-order valence-electron chi connectivity index (χ1n) is 8.47. The average Bonchev–Trinajstić information content (AvgIpc) is 3.16. The van der Waals surface area contributed by atoms with E-state index in [9.17, 15) is 4.79 Å². The third-order valence-electron chi connectivity index (χ3n) is 3.75. The van der Waals surface area contributed by atoms with E-state index in [4.69, 9.17) is 14.2 Å². The van der Waals surface area contributed by atoms with Crippen LogP contribution >= 0.6 is 23.5 Å². The maximum atomic E-state index is 12.4.